The van der Waals surface area contributed by atoms with Gasteiger partial charge in [-0.15, -0.1) is 0 Å². The molecule has 1 amide bonds. The molecule has 1 aliphatic heterocycles. The molecule has 0 saturated carbocycles. The lowest BCUT2D eigenvalue weighted by atomic mass is 10.1. The van der Waals surface area contributed by atoms with Crippen LogP contribution in [0.2, 0.25) is 0 Å². The zero-order valence-corrected chi connectivity index (χ0v) is 18.5. The second-order valence-corrected chi connectivity index (χ2v) is 7.92. The van der Waals surface area contributed by atoms with Crippen LogP contribution in [-0.4, -0.2) is 32.4 Å². The number of non-ortho nitro benzene ring substituents is 1. The van der Waals surface area contributed by atoms with Crippen molar-refractivity contribution in [2.45, 2.75) is 32.9 Å². The van der Waals surface area contributed by atoms with Crippen molar-refractivity contribution >= 4 is 34.0 Å². The number of amides is 1. The number of nitro benzene ring substituents is 1. The number of oxime groups is 1. The van der Waals surface area contributed by atoms with Crippen LogP contribution >= 0.6 is 0 Å². The fraction of sp³-hybridized carbons (Fsp3) is 0.208. The molecule has 1 unspecified atom stereocenters. The first-order valence-electron chi connectivity index (χ1n) is 10.8. The number of benzene rings is 2. The summed E-state index contributed by atoms with van der Waals surface area (Å²) >= 11 is 0. The highest BCUT2D eigenvalue weighted by Crippen LogP contribution is 2.36. The van der Waals surface area contributed by atoms with Crippen molar-refractivity contribution in [3.05, 3.63) is 76.1 Å². The third kappa shape index (κ3) is 3.79. The van der Waals surface area contributed by atoms with Gasteiger partial charge in [0.05, 0.1) is 28.6 Å². The van der Waals surface area contributed by atoms with Crippen LogP contribution in [0.25, 0.3) is 22.3 Å². The van der Waals surface area contributed by atoms with Crippen molar-refractivity contribution in [2.75, 3.05) is 5.32 Å². The van der Waals surface area contributed by atoms with Crippen LogP contribution in [0.3, 0.4) is 0 Å². The van der Waals surface area contributed by atoms with E-state index < -0.39 is 16.9 Å². The maximum atomic E-state index is 13.0. The Bertz CT molecular complexity index is 1440. The number of fused-ring (bicyclic) bond motifs is 1. The Kier molecular flexibility index (Phi) is 5.33. The summed E-state index contributed by atoms with van der Waals surface area (Å²) in [5, 5.41) is 23.2. The molecule has 0 radical (unpaired) electrons. The van der Waals surface area contributed by atoms with E-state index in [0.29, 0.717) is 22.4 Å². The SMILES string of the molecule is CCn1ncc(C2=NOC(C(=O)Nc3cc([N+](=O)[O-])cc4oc(-c5ccccc5)cc34)C2)c1C. The summed E-state index contributed by atoms with van der Waals surface area (Å²) in [7, 11) is 0. The average Bonchev–Trinajstić information content (AvgIpc) is 3.57. The monoisotopic (exact) mass is 459 g/mol. The van der Waals surface area contributed by atoms with E-state index >= 15 is 0 Å². The molecule has 10 nitrogen and oxygen atoms in total. The number of carbonyl (C=O) groups is 1. The van der Waals surface area contributed by atoms with Gasteiger partial charge in [-0.25, -0.2) is 0 Å². The minimum Gasteiger partial charge on any atom is -0.456 e. The number of rotatable bonds is 6. The Morgan fingerprint density at radius 3 is 2.76 bits per heavy atom. The van der Waals surface area contributed by atoms with E-state index in [1.807, 2.05) is 48.9 Å². The summed E-state index contributed by atoms with van der Waals surface area (Å²) in [6.45, 7) is 4.65. The maximum absolute atomic E-state index is 13.0. The molecule has 0 fully saturated rings. The van der Waals surface area contributed by atoms with Crippen molar-refractivity contribution in [2.24, 2.45) is 5.16 Å². The number of anilines is 1. The third-order valence-electron chi connectivity index (χ3n) is 5.82. The van der Waals surface area contributed by atoms with Crippen molar-refractivity contribution in [3.63, 3.8) is 0 Å². The van der Waals surface area contributed by atoms with Crippen LogP contribution in [0.5, 0.6) is 0 Å². The largest absolute Gasteiger partial charge is 0.456 e. The summed E-state index contributed by atoms with van der Waals surface area (Å²) in [6.07, 6.45) is 1.11. The quantitative estimate of drug-likeness (QED) is 0.330. The molecule has 0 aliphatic carbocycles. The maximum Gasteiger partial charge on any atom is 0.275 e. The molecule has 1 atom stereocenters. The standard InChI is InChI=1S/C24H21N5O5/c1-3-28-14(2)18(13-25-28)20-12-23(34-27-20)24(30)26-19-9-16(29(31)32)10-22-17(19)11-21(33-22)15-7-5-4-6-8-15/h4-11,13,23H,3,12H2,1-2H3,(H,26,30). The van der Waals surface area contributed by atoms with Crippen LogP contribution in [-0.2, 0) is 16.2 Å². The molecule has 0 saturated heterocycles. The average molecular weight is 459 g/mol. The Balaban J connectivity index is 1.41. The fourth-order valence-electron chi connectivity index (χ4n) is 4.02. The molecule has 10 heteroatoms. The minimum atomic E-state index is -0.866. The highest BCUT2D eigenvalue weighted by molar-refractivity contribution is 6.09. The Labute approximate surface area is 194 Å². The summed E-state index contributed by atoms with van der Waals surface area (Å²) in [5.74, 6) is 0.0845. The summed E-state index contributed by atoms with van der Waals surface area (Å²) in [4.78, 5) is 29.4. The molecule has 0 spiro atoms. The predicted octanol–water partition coefficient (Wildman–Crippen LogP) is 4.66. The van der Waals surface area contributed by atoms with E-state index in [2.05, 4.69) is 15.6 Å². The highest BCUT2D eigenvalue weighted by Gasteiger charge is 2.31. The van der Waals surface area contributed by atoms with Crippen LogP contribution in [0.15, 0.2) is 64.3 Å². The van der Waals surface area contributed by atoms with Gasteiger partial charge in [-0.3, -0.25) is 19.6 Å². The first-order valence-corrected chi connectivity index (χ1v) is 10.8. The number of furan rings is 1. The van der Waals surface area contributed by atoms with Crippen LogP contribution in [0.4, 0.5) is 11.4 Å². The van der Waals surface area contributed by atoms with Gasteiger partial charge < -0.3 is 14.6 Å². The molecule has 4 aromatic rings. The number of aromatic nitrogens is 2. The molecule has 2 aromatic heterocycles. The Morgan fingerprint density at radius 2 is 2.06 bits per heavy atom. The van der Waals surface area contributed by atoms with Gasteiger partial charge in [-0.1, -0.05) is 35.5 Å². The number of carbonyl (C=O) groups excluding carboxylic acids is 1. The zero-order chi connectivity index (χ0) is 23.8. The summed E-state index contributed by atoms with van der Waals surface area (Å²) in [5.41, 5.74) is 3.61. The van der Waals surface area contributed by atoms with Gasteiger partial charge in [0.15, 0.2) is 0 Å². The first-order chi connectivity index (χ1) is 16.4. The lowest BCUT2D eigenvalue weighted by molar-refractivity contribution is -0.384. The molecule has 5 rings (SSSR count). The third-order valence-corrected chi connectivity index (χ3v) is 5.82. The molecule has 0 bridgehead atoms. The molecule has 172 valence electrons. The second-order valence-electron chi connectivity index (χ2n) is 7.92. The highest BCUT2D eigenvalue weighted by atomic mass is 16.6. The molecule has 1 aliphatic rings. The number of aryl methyl sites for hydroxylation is 1. The molecular formula is C24H21N5O5. The van der Waals surface area contributed by atoms with Crippen molar-refractivity contribution < 1.29 is 19.0 Å². The first kappa shape index (κ1) is 21.4. The number of nitrogens with zero attached hydrogens (tertiary/aromatic N) is 4. The van der Waals surface area contributed by atoms with Gasteiger partial charge in [-0.2, -0.15) is 5.10 Å². The van der Waals surface area contributed by atoms with E-state index in [1.54, 1.807) is 12.3 Å². The number of nitro groups is 1. The van der Waals surface area contributed by atoms with Crippen molar-refractivity contribution in [1.82, 2.24) is 9.78 Å². The minimum absolute atomic E-state index is 0.191. The number of hydrogen-bond acceptors (Lipinski definition) is 7. The molecule has 34 heavy (non-hydrogen) atoms. The Morgan fingerprint density at radius 1 is 1.26 bits per heavy atom. The van der Waals surface area contributed by atoms with E-state index in [9.17, 15) is 14.9 Å². The van der Waals surface area contributed by atoms with Crippen LogP contribution in [0.1, 0.15) is 24.6 Å². The van der Waals surface area contributed by atoms with Gasteiger partial charge in [0, 0.05) is 41.2 Å². The molecular weight excluding hydrogens is 438 g/mol. The number of hydrogen-bond donors (Lipinski definition) is 1. The van der Waals surface area contributed by atoms with Gasteiger partial charge >= 0.3 is 0 Å². The second kappa shape index (κ2) is 8.47. The van der Waals surface area contributed by atoms with E-state index in [4.69, 9.17) is 9.25 Å². The van der Waals surface area contributed by atoms with Crippen LogP contribution in [0, 0.1) is 17.0 Å². The molecule has 2 aromatic carbocycles. The lowest BCUT2D eigenvalue weighted by Crippen LogP contribution is -2.28. The van der Waals surface area contributed by atoms with Gasteiger partial charge in [0.2, 0.25) is 6.10 Å². The topological polar surface area (TPSA) is 125 Å². The lowest BCUT2D eigenvalue weighted by Gasteiger charge is -2.10. The van der Waals surface area contributed by atoms with E-state index in [1.165, 1.54) is 12.1 Å². The van der Waals surface area contributed by atoms with Crippen molar-refractivity contribution in [3.8, 4) is 11.3 Å². The van der Waals surface area contributed by atoms with Crippen LogP contribution < -0.4 is 5.32 Å². The molecule has 3 heterocycles. The molecule has 1 N–H and O–H groups in total. The zero-order valence-electron chi connectivity index (χ0n) is 18.5. The predicted molar refractivity (Wildman–Crippen MR) is 126 cm³/mol. The number of nitrogens with one attached hydrogen (secondary N) is 1. The summed E-state index contributed by atoms with van der Waals surface area (Å²) in [6, 6.07) is 13.8. The van der Waals surface area contributed by atoms with Gasteiger partial charge in [0.1, 0.15) is 11.3 Å². The Hall–Kier alpha value is -4.47. The van der Waals surface area contributed by atoms with Gasteiger partial charge in [-0.05, 0) is 19.9 Å². The van der Waals surface area contributed by atoms with Crippen molar-refractivity contribution in [1.29, 1.82) is 0 Å². The fourth-order valence-corrected chi connectivity index (χ4v) is 4.02. The smallest absolute Gasteiger partial charge is 0.275 e. The van der Waals surface area contributed by atoms with Gasteiger partial charge in [0.25, 0.3) is 11.6 Å². The van der Waals surface area contributed by atoms with E-state index in [0.717, 1.165) is 23.4 Å². The normalized spacial score (nSPS) is 15.2. The van der Waals surface area contributed by atoms with E-state index in [-0.39, 0.29) is 17.8 Å². The summed E-state index contributed by atoms with van der Waals surface area (Å²) < 4.78 is 7.72.